The standard InChI is InChI=1S/C31H33NO/c1-4-25-13-19-28(20-14-25)31(33)23-29(27-17-11-24(2)12-18-27)10-8-6-5-7-9-26-15-21-30(32-3)22-16-26/h5-7,9-23,32-33H,4,8H2,1-3H3/b6-5+,9-7+,29-10+,31-23-. The van der Waals surface area contributed by atoms with Gasteiger partial charge in [-0.2, -0.15) is 0 Å². The first kappa shape index (κ1) is 23.9. The molecule has 0 aliphatic rings. The molecule has 0 unspecified atom stereocenters. The van der Waals surface area contributed by atoms with E-state index in [4.69, 9.17) is 0 Å². The molecule has 2 nitrogen and oxygen atoms in total. The topological polar surface area (TPSA) is 32.3 Å². The lowest BCUT2D eigenvalue weighted by molar-refractivity contribution is 0.512. The van der Waals surface area contributed by atoms with Crippen LogP contribution in [-0.4, -0.2) is 12.2 Å². The van der Waals surface area contributed by atoms with Gasteiger partial charge in [-0.05, 0) is 60.2 Å². The number of allylic oxidation sites excluding steroid dienone is 6. The van der Waals surface area contributed by atoms with Gasteiger partial charge in [-0.1, -0.05) is 104 Å². The van der Waals surface area contributed by atoms with Crippen molar-refractivity contribution in [1.82, 2.24) is 0 Å². The fourth-order valence-electron chi connectivity index (χ4n) is 3.43. The molecule has 3 aromatic rings. The van der Waals surface area contributed by atoms with Crippen LogP contribution in [0.25, 0.3) is 17.4 Å². The van der Waals surface area contributed by atoms with E-state index in [1.54, 1.807) is 0 Å². The minimum atomic E-state index is 0.276. The van der Waals surface area contributed by atoms with Crippen molar-refractivity contribution in [3.8, 4) is 0 Å². The highest BCUT2D eigenvalue weighted by atomic mass is 16.3. The maximum atomic E-state index is 10.8. The van der Waals surface area contributed by atoms with Gasteiger partial charge in [0.2, 0.25) is 0 Å². The molecule has 2 heteroatoms. The molecule has 3 rings (SSSR count). The molecule has 0 heterocycles. The van der Waals surface area contributed by atoms with E-state index in [1.807, 2.05) is 25.3 Å². The molecule has 0 spiro atoms. The monoisotopic (exact) mass is 435 g/mol. The Labute approximate surface area is 198 Å². The highest BCUT2D eigenvalue weighted by molar-refractivity contribution is 5.81. The molecule has 0 atom stereocenters. The van der Waals surface area contributed by atoms with Gasteiger partial charge in [-0.15, -0.1) is 0 Å². The first-order chi connectivity index (χ1) is 16.1. The van der Waals surface area contributed by atoms with Crippen LogP contribution in [0.2, 0.25) is 0 Å². The highest BCUT2D eigenvalue weighted by Crippen LogP contribution is 2.23. The summed E-state index contributed by atoms with van der Waals surface area (Å²) in [5.41, 5.74) is 7.67. The van der Waals surface area contributed by atoms with E-state index in [0.29, 0.717) is 0 Å². The smallest absolute Gasteiger partial charge is 0.123 e. The third-order valence-corrected chi connectivity index (χ3v) is 5.54. The van der Waals surface area contributed by atoms with Crippen LogP contribution in [0, 0.1) is 6.92 Å². The maximum Gasteiger partial charge on any atom is 0.123 e. The summed E-state index contributed by atoms with van der Waals surface area (Å²) in [6, 6.07) is 24.8. The molecule has 0 aromatic heterocycles. The summed E-state index contributed by atoms with van der Waals surface area (Å²) >= 11 is 0. The fourth-order valence-corrected chi connectivity index (χ4v) is 3.43. The number of nitrogens with one attached hydrogen (secondary N) is 1. The zero-order valence-corrected chi connectivity index (χ0v) is 19.8. The zero-order valence-electron chi connectivity index (χ0n) is 19.8. The third kappa shape index (κ3) is 7.40. The summed E-state index contributed by atoms with van der Waals surface area (Å²) in [5, 5.41) is 13.9. The molecule has 3 aromatic carbocycles. The molecule has 0 bridgehead atoms. The molecule has 0 fully saturated rings. The lowest BCUT2D eigenvalue weighted by atomic mass is 10.0. The molecule has 0 aliphatic carbocycles. The minimum absolute atomic E-state index is 0.276. The SMILES string of the molecule is CCc1ccc(/C(O)=C/C(=C\C/C=C/C=C/c2ccc(NC)cc2)c2ccc(C)cc2)cc1. The molecular formula is C31H33NO. The summed E-state index contributed by atoms with van der Waals surface area (Å²) in [6.07, 6.45) is 14.1. The Morgan fingerprint density at radius 1 is 0.848 bits per heavy atom. The molecule has 0 radical (unpaired) electrons. The van der Waals surface area contributed by atoms with Crippen LogP contribution >= 0.6 is 0 Å². The van der Waals surface area contributed by atoms with Gasteiger partial charge in [0.25, 0.3) is 0 Å². The Hall–Kier alpha value is -3.78. The van der Waals surface area contributed by atoms with Gasteiger partial charge < -0.3 is 10.4 Å². The normalized spacial score (nSPS) is 12.6. The predicted molar refractivity (Wildman–Crippen MR) is 144 cm³/mol. The number of hydrogen-bond donors (Lipinski definition) is 2. The summed E-state index contributed by atoms with van der Waals surface area (Å²) in [6.45, 7) is 4.21. The Balaban J connectivity index is 1.74. The molecule has 168 valence electrons. The predicted octanol–water partition coefficient (Wildman–Crippen LogP) is 8.24. The van der Waals surface area contributed by atoms with Gasteiger partial charge in [0.05, 0.1) is 0 Å². The highest BCUT2D eigenvalue weighted by Gasteiger charge is 2.04. The second-order valence-electron chi connectivity index (χ2n) is 8.00. The van der Waals surface area contributed by atoms with Crippen molar-refractivity contribution in [3.63, 3.8) is 0 Å². The molecule has 0 amide bonds. The van der Waals surface area contributed by atoms with E-state index in [9.17, 15) is 5.11 Å². The van der Waals surface area contributed by atoms with Crippen LogP contribution in [0.4, 0.5) is 5.69 Å². The second-order valence-corrected chi connectivity index (χ2v) is 8.00. The number of aryl methyl sites for hydroxylation is 2. The average Bonchev–Trinajstić information content (AvgIpc) is 2.86. The van der Waals surface area contributed by atoms with Gasteiger partial charge in [0, 0.05) is 18.3 Å². The van der Waals surface area contributed by atoms with Crippen molar-refractivity contribution in [1.29, 1.82) is 0 Å². The van der Waals surface area contributed by atoms with E-state index in [0.717, 1.165) is 40.8 Å². The van der Waals surface area contributed by atoms with Gasteiger partial charge in [-0.25, -0.2) is 0 Å². The first-order valence-electron chi connectivity index (χ1n) is 11.5. The van der Waals surface area contributed by atoms with E-state index >= 15 is 0 Å². The number of hydrogen-bond acceptors (Lipinski definition) is 2. The number of aliphatic hydroxyl groups is 1. The van der Waals surface area contributed by atoms with Crippen molar-refractivity contribution < 1.29 is 5.11 Å². The fraction of sp³-hybridized carbons (Fsp3) is 0.161. The summed E-state index contributed by atoms with van der Waals surface area (Å²) < 4.78 is 0. The van der Waals surface area contributed by atoms with Gasteiger partial charge >= 0.3 is 0 Å². The van der Waals surface area contributed by atoms with Crippen molar-refractivity contribution in [2.45, 2.75) is 26.7 Å². The van der Waals surface area contributed by atoms with Crippen LogP contribution in [0.1, 0.15) is 41.2 Å². The zero-order chi connectivity index (χ0) is 23.5. The van der Waals surface area contributed by atoms with Crippen LogP contribution < -0.4 is 5.32 Å². The van der Waals surface area contributed by atoms with E-state index in [2.05, 4.69) is 110 Å². The molecule has 0 saturated heterocycles. The lowest BCUT2D eigenvalue weighted by Crippen LogP contribution is -1.88. The molecule has 2 N–H and O–H groups in total. The van der Waals surface area contributed by atoms with Crippen LogP contribution in [-0.2, 0) is 6.42 Å². The molecule has 0 saturated carbocycles. The lowest BCUT2D eigenvalue weighted by Gasteiger charge is -2.07. The Kier molecular flexibility index (Phi) is 8.90. The second kappa shape index (κ2) is 12.3. The van der Waals surface area contributed by atoms with E-state index in [-0.39, 0.29) is 5.76 Å². The van der Waals surface area contributed by atoms with Crippen molar-refractivity contribution >= 4 is 23.1 Å². The van der Waals surface area contributed by atoms with Gasteiger partial charge in [-0.3, -0.25) is 0 Å². The van der Waals surface area contributed by atoms with E-state index in [1.165, 1.54) is 11.1 Å². The van der Waals surface area contributed by atoms with Crippen LogP contribution in [0.3, 0.4) is 0 Å². The van der Waals surface area contributed by atoms with Crippen molar-refractivity contribution in [2.75, 3.05) is 12.4 Å². The Morgan fingerprint density at radius 2 is 1.52 bits per heavy atom. The van der Waals surface area contributed by atoms with E-state index < -0.39 is 0 Å². The Morgan fingerprint density at radius 3 is 2.15 bits per heavy atom. The van der Waals surface area contributed by atoms with Gasteiger partial charge in [0.15, 0.2) is 0 Å². The third-order valence-electron chi connectivity index (χ3n) is 5.54. The van der Waals surface area contributed by atoms with Gasteiger partial charge in [0.1, 0.15) is 5.76 Å². The number of anilines is 1. The molecular weight excluding hydrogens is 402 g/mol. The average molecular weight is 436 g/mol. The molecule has 0 aliphatic heterocycles. The first-order valence-corrected chi connectivity index (χ1v) is 11.5. The van der Waals surface area contributed by atoms with Crippen LogP contribution in [0.15, 0.2) is 103 Å². The minimum Gasteiger partial charge on any atom is -0.507 e. The number of aliphatic hydroxyl groups excluding tert-OH is 1. The Bertz CT molecular complexity index is 1130. The molecule has 33 heavy (non-hydrogen) atoms. The maximum absolute atomic E-state index is 10.8. The van der Waals surface area contributed by atoms with Crippen molar-refractivity contribution in [2.24, 2.45) is 0 Å². The summed E-state index contributed by atoms with van der Waals surface area (Å²) in [5.74, 6) is 0.276. The number of benzene rings is 3. The summed E-state index contributed by atoms with van der Waals surface area (Å²) in [7, 11) is 1.92. The quantitative estimate of drug-likeness (QED) is 0.262. The summed E-state index contributed by atoms with van der Waals surface area (Å²) in [4.78, 5) is 0. The largest absolute Gasteiger partial charge is 0.507 e. The van der Waals surface area contributed by atoms with Crippen molar-refractivity contribution in [3.05, 3.63) is 131 Å². The van der Waals surface area contributed by atoms with Crippen LogP contribution in [0.5, 0.6) is 0 Å². The number of rotatable bonds is 9.